The third-order valence-corrected chi connectivity index (χ3v) is 3.40. The SMILES string of the molecule is CS(=O)CCNc1cc(Cl)nc(-c2ccccc2)n1. The Morgan fingerprint density at radius 1 is 1.26 bits per heavy atom. The van der Waals surface area contributed by atoms with E-state index >= 15 is 0 Å². The van der Waals surface area contributed by atoms with Crippen LogP contribution in [0.2, 0.25) is 5.15 Å². The summed E-state index contributed by atoms with van der Waals surface area (Å²) in [6, 6.07) is 11.3. The molecule has 2 rings (SSSR count). The predicted molar refractivity (Wildman–Crippen MR) is 79.9 cm³/mol. The van der Waals surface area contributed by atoms with Crippen LogP contribution in [0.5, 0.6) is 0 Å². The van der Waals surface area contributed by atoms with E-state index in [0.29, 0.717) is 29.1 Å². The van der Waals surface area contributed by atoms with Crippen LogP contribution in [0.25, 0.3) is 11.4 Å². The fourth-order valence-electron chi connectivity index (χ4n) is 1.55. The number of nitrogens with zero attached hydrogens (tertiary/aromatic N) is 2. The minimum atomic E-state index is -0.825. The van der Waals surface area contributed by atoms with E-state index in [1.807, 2.05) is 30.3 Å². The van der Waals surface area contributed by atoms with Gasteiger partial charge in [-0.1, -0.05) is 41.9 Å². The molecule has 1 unspecified atom stereocenters. The first-order valence-electron chi connectivity index (χ1n) is 5.79. The Bertz CT molecular complexity index is 577. The van der Waals surface area contributed by atoms with Crippen molar-refractivity contribution in [3.63, 3.8) is 0 Å². The van der Waals surface area contributed by atoms with Gasteiger partial charge >= 0.3 is 0 Å². The molecule has 2 aromatic rings. The van der Waals surface area contributed by atoms with Crippen molar-refractivity contribution < 1.29 is 4.21 Å². The van der Waals surface area contributed by atoms with Crippen molar-refractivity contribution in [2.75, 3.05) is 23.9 Å². The Hall–Kier alpha value is -1.46. The molecular formula is C13H14ClN3OS. The van der Waals surface area contributed by atoms with Crippen LogP contribution in [0.15, 0.2) is 36.4 Å². The summed E-state index contributed by atoms with van der Waals surface area (Å²) < 4.78 is 11.0. The number of rotatable bonds is 5. The van der Waals surface area contributed by atoms with Gasteiger partial charge in [0.1, 0.15) is 11.0 Å². The van der Waals surface area contributed by atoms with Gasteiger partial charge < -0.3 is 5.32 Å². The summed E-state index contributed by atoms with van der Waals surface area (Å²) >= 11 is 5.99. The molecule has 0 radical (unpaired) electrons. The summed E-state index contributed by atoms with van der Waals surface area (Å²) in [5.41, 5.74) is 0.909. The fourth-order valence-corrected chi connectivity index (χ4v) is 2.12. The smallest absolute Gasteiger partial charge is 0.163 e. The third-order valence-electron chi connectivity index (χ3n) is 2.42. The van der Waals surface area contributed by atoms with Crippen LogP contribution in [0.3, 0.4) is 0 Å². The number of anilines is 1. The molecule has 0 aliphatic carbocycles. The molecule has 19 heavy (non-hydrogen) atoms. The number of hydrogen-bond acceptors (Lipinski definition) is 4. The summed E-state index contributed by atoms with van der Waals surface area (Å²) in [6.45, 7) is 0.588. The lowest BCUT2D eigenvalue weighted by Crippen LogP contribution is -2.11. The number of halogens is 1. The van der Waals surface area contributed by atoms with Crippen molar-refractivity contribution in [2.24, 2.45) is 0 Å². The van der Waals surface area contributed by atoms with E-state index < -0.39 is 10.8 Å². The maximum Gasteiger partial charge on any atom is 0.163 e. The maximum absolute atomic E-state index is 11.0. The van der Waals surface area contributed by atoms with Crippen molar-refractivity contribution in [1.82, 2.24) is 9.97 Å². The largest absolute Gasteiger partial charge is 0.369 e. The van der Waals surface area contributed by atoms with Crippen molar-refractivity contribution in [3.8, 4) is 11.4 Å². The lowest BCUT2D eigenvalue weighted by molar-refractivity contribution is 0.687. The summed E-state index contributed by atoms with van der Waals surface area (Å²) in [7, 11) is -0.825. The zero-order valence-electron chi connectivity index (χ0n) is 10.5. The molecule has 0 spiro atoms. The average Bonchev–Trinajstić information content (AvgIpc) is 2.39. The van der Waals surface area contributed by atoms with E-state index in [2.05, 4.69) is 15.3 Å². The molecule has 1 aromatic carbocycles. The van der Waals surface area contributed by atoms with Gasteiger partial charge in [0.25, 0.3) is 0 Å². The lowest BCUT2D eigenvalue weighted by Gasteiger charge is -2.07. The maximum atomic E-state index is 11.0. The van der Waals surface area contributed by atoms with Crippen molar-refractivity contribution in [3.05, 3.63) is 41.6 Å². The average molecular weight is 296 g/mol. The van der Waals surface area contributed by atoms with Crippen molar-refractivity contribution >= 4 is 28.2 Å². The highest BCUT2D eigenvalue weighted by molar-refractivity contribution is 7.84. The van der Waals surface area contributed by atoms with Gasteiger partial charge in [0, 0.05) is 41.0 Å². The van der Waals surface area contributed by atoms with Gasteiger partial charge in [0.05, 0.1) is 0 Å². The minimum Gasteiger partial charge on any atom is -0.369 e. The molecule has 0 saturated heterocycles. The molecule has 4 nitrogen and oxygen atoms in total. The lowest BCUT2D eigenvalue weighted by atomic mass is 10.2. The van der Waals surface area contributed by atoms with Crippen LogP contribution in [0.4, 0.5) is 5.82 Å². The molecule has 0 fully saturated rings. The first-order chi connectivity index (χ1) is 9.15. The number of benzene rings is 1. The second kappa shape index (κ2) is 6.63. The van der Waals surface area contributed by atoms with Crippen molar-refractivity contribution in [1.29, 1.82) is 0 Å². The van der Waals surface area contributed by atoms with Gasteiger partial charge in [-0.15, -0.1) is 0 Å². The van der Waals surface area contributed by atoms with Crippen LogP contribution in [-0.4, -0.2) is 32.7 Å². The Kier molecular flexibility index (Phi) is 4.87. The van der Waals surface area contributed by atoms with Gasteiger partial charge in [-0.05, 0) is 0 Å². The highest BCUT2D eigenvalue weighted by Crippen LogP contribution is 2.19. The monoisotopic (exact) mass is 295 g/mol. The molecule has 0 saturated carbocycles. The molecule has 0 bridgehead atoms. The third kappa shape index (κ3) is 4.29. The second-order valence-electron chi connectivity index (χ2n) is 3.97. The number of hydrogen-bond donors (Lipinski definition) is 1. The summed E-state index contributed by atoms with van der Waals surface area (Å²) in [6.07, 6.45) is 1.67. The Labute approximate surface area is 119 Å². The van der Waals surface area contributed by atoms with Gasteiger partial charge in [-0.3, -0.25) is 4.21 Å². The zero-order valence-corrected chi connectivity index (χ0v) is 12.0. The molecule has 1 aromatic heterocycles. The van der Waals surface area contributed by atoms with Crippen LogP contribution >= 0.6 is 11.6 Å². The molecule has 100 valence electrons. The Morgan fingerprint density at radius 2 is 2.00 bits per heavy atom. The molecule has 0 aliphatic rings. The molecular weight excluding hydrogens is 282 g/mol. The van der Waals surface area contributed by atoms with E-state index in [4.69, 9.17) is 11.6 Å². The van der Waals surface area contributed by atoms with Crippen LogP contribution in [0.1, 0.15) is 0 Å². The van der Waals surface area contributed by atoms with E-state index in [1.54, 1.807) is 12.3 Å². The molecule has 1 heterocycles. The molecule has 0 amide bonds. The van der Waals surface area contributed by atoms with E-state index in [1.165, 1.54) is 0 Å². The first-order valence-corrected chi connectivity index (χ1v) is 7.89. The topological polar surface area (TPSA) is 54.9 Å². The van der Waals surface area contributed by atoms with Crippen LogP contribution in [0, 0.1) is 0 Å². The van der Waals surface area contributed by atoms with Crippen molar-refractivity contribution in [2.45, 2.75) is 0 Å². The minimum absolute atomic E-state index is 0.383. The van der Waals surface area contributed by atoms with Gasteiger partial charge in [0.2, 0.25) is 0 Å². The second-order valence-corrected chi connectivity index (χ2v) is 5.91. The Balaban J connectivity index is 2.18. The highest BCUT2D eigenvalue weighted by atomic mass is 35.5. The molecule has 6 heteroatoms. The first kappa shape index (κ1) is 14.0. The molecule has 1 N–H and O–H groups in total. The summed E-state index contributed by atoms with van der Waals surface area (Å²) in [5, 5.41) is 3.48. The van der Waals surface area contributed by atoms with E-state index in [9.17, 15) is 4.21 Å². The summed E-state index contributed by atoms with van der Waals surface area (Å²) in [5.74, 6) is 1.79. The molecule has 1 atom stereocenters. The van der Waals surface area contributed by atoms with Gasteiger partial charge in [-0.2, -0.15) is 0 Å². The molecule has 0 aliphatic heterocycles. The predicted octanol–water partition coefficient (Wildman–Crippen LogP) is 2.59. The summed E-state index contributed by atoms with van der Waals surface area (Å²) in [4.78, 5) is 8.60. The van der Waals surface area contributed by atoms with Crippen LogP contribution in [-0.2, 0) is 10.8 Å². The van der Waals surface area contributed by atoms with Gasteiger partial charge in [0.15, 0.2) is 5.82 Å². The quantitative estimate of drug-likeness (QED) is 0.862. The standard InChI is InChI=1S/C13H14ClN3OS/c1-19(18)8-7-15-12-9-11(14)16-13(17-12)10-5-3-2-4-6-10/h2-6,9H,7-8H2,1H3,(H,15,16,17). The van der Waals surface area contributed by atoms with Gasteiger partial charge in [-0.25, -0.2) is 9.97 Å². The van der Waals surface area contributed by atoms with Crippen LogP contribution < -0.4 is 5.32 Å². The zero-order chi connectivity index (χ0) is 13.7. The number of aromatic nitrogens is 2. The normalized spacial score (nSPS) is 12.1. The number of nitrogens with one attached hydrogen (secondary N) is 1. The highest BCUT2D eigenvalue weighted by Gasteiger charge is 2.05. The van der Waals surface area contributed by atoms with E-state index in [0.717, 1.165) is 5.56 Å². The Morgan fingerprint density at radius 3 is 2.68 bits per heavy atom. The fraction of sp³-hybridized carbons (Fsp3) is 0.231. The van der Waals surface area contributed by atoms with E-state index in [-0.39, 0.29) is 0 Å².